The Hall–Kier alpha value is -3.50. The molecule has 1 fully saturated rings. The van der Waals surface area contributed by atoms with Gasteiger partial charge in [-0.3, -0.25) is 34.2 Å². The van der Waals surface area contributed by atoms with E-state index in [0.717, 1.165) is 9.80 Å². The minimum atomic E-state index is -4.59. The Morgan fingerprint density at radius 2 is 1.78 bits per heavy atom. The van der Waals surface area contributed by atoms with Crippen LogP contribution in [0.3, 0.4) is 0 Å². The van der Waals surface area contributed by atoms with Gasteiger partial charge in [0.25, 0.3) is 11.8 Å². The van der Waals surface area contributed by atoms with Crippen LogP contribution in [0.5, 0.6) is 0 Å². The minimum Gasteiger partial charge on any atom is -0.338 e. The number of carbonyl (C=O) groups is 5. The fourth-order valence-electron chi connectivity index (χ4n) is 4.21. The summed E-state index contributed by atoms with van der Waals surface area (Å²) in [4.78, 5) is 63.4. The van der Waals surface area contributed by atoms with Gasteiger partial charge in [-0.1, -0.05) is 18.2 Å². The molecule has 0 bridgehead atoms. The molecule has 3 aliphatic rings. The first-order valence-corrected chi connectivity index (χ1v) is 9.95. The van der Waals surface area contributed by atoms with Crippen molar-refractivity contribution in [3.8, 4) is 0 Å². The van der Waals surface area contributed by atoms with Crippen molar-refractivity contribution in [1.29, 1.82) is 0 Å². The first-order valence-electron chi connectivity index (χ1n) is 9.95. The van der Waals surface area contributed by atoms with Crippen molar-refractivity contribution in [2.24, 2.45) is 0 Å². The van der Waals surface area contributed by atoms with Gasteiger partial charge in [0, 0.05) is 19.5 Å². The van der Waals surface area contributed by atoms with Gasteiger partial charge in [-0.05, 0) is 30.0 Å². The summed E-state index contributed by atoms with van der Waals surface area (Å²) in [6, 6.07) is 3.57. The maximum atomic E-state index is 13.1. The molecule has 1 atom stereocenters. The Kier molecular flexibility index (Phi) is 5.35. The monoisotopic (exact) mass is 449 g/mol. The molecule has 0 aliphatic carbocycles. The second-order valence-electron chi connectivity index (χ2n) is 7.79. The minimum absolute atomic E-state index is 0.00358. The highest BCUT2D eigenvalue weighted by Crippen LogP contribution is 2.35. The zero-order valence-electron chi connectivity index (χ0n) is 16.7. The van der Waals surface area contributed by atoms with E-state index in [4.69, 9.17) is 0 Å². The molecule has 1 N–H and O–H groups in total. The third-order valence-electron chi connectivity index (χ3n) is 5.73. The van der Waals surface area contributed by atoms with E-state index in [9.17, 15) is 37.1 Å². The lowest BCUT2D eigenvalue weighted by Crippen LogP contribution is -2.54. The van der Waals surface area contributed by atoms with Gasteiger partial charge in [0.05, 0.1) is 11.1 Å². The van der Waals surface area contributed by atoms with Gasteiger partial charge in [0.1, 0.15) is 12.5 Å². The molecule has 1 aromatic rings. The van der Waals surface area contributed by atoms with Gasteiger partial charge in [-0.25, -0.2) is 0 Å². The lowest BCUT2D eigenvalue weighted by molar-refractivity contribution is -0.161. The Labute approximate surface area is 180 Å². The molecule has 0 spiro atoms. The molecule has 0 aromatic heterocycles. The number of fused-ring (bicyclic) bond motifs is 1. The highest BCUT2D eigenvalue weighted by atomic mass is 19.4. The molecule has 1 saturated heterocycles. The number of benzene rings is 1. The number of hydrogen-bond donors (Lipinski definition) is 1. The van der Waals surface area contributed by atoms with Gasteiger partial charge in [0.15, 0.2) is 0 Å². The maximum Gasteiger partial charge on any atom is 0.397 e. The van der Waals surface area contributed by atoms with Crippen molar-refractivity contribution < 1.29 is 37.1 Å². The predicted octanol–water partition coefficient (Wildman–Crippen LogP) is 1.66. The van der Waals surface area contributed by atoms with E-state index < -0.39 is 48.2 Å². The number of halogens is 3. The fourth-order valence-corrected chi connectivity index (χ4v) is 4.21. The molecule has 5 amide bonds. The normalized spacial score (nSPS) is 21.5. The van der Waals surface area contributed by atoms with E-state index in [2.05, 4.69) is 5.32 Å². The highest BCUT2D eigenvalue weighted by molar-refractivity contribution is 6.25. The summed E-state index contributed by atoms with van der Waals surface area (Å²) in [7, 11) is 0. The van der Waals surface area contributed by atoms with Gasteiger partial charge in [-0.2, -0.15) is 13.2 Å². The van der Waals surface area contributed by atoms with Crippen LogP contribution in [0.4, 0.5) is 13.2 Å². The van der Waals surface area contributed by atoms with E-state index in [-0.39, 0.29) is 43.5 Å². The molecule has 0 radical (unpaired) electrons. The Morgan fingerprint density at radius 3 is 2.41 bits per heavy atom. The molecule has 3 heterocycles. The zero-order valence-corrected chi connectivity index (χ0v) is 16.7. The van der Waals surface area contributed by atoms with Crippen LogP contribution in [0.2, 0.25) is 0 Å². The zero-order chi connectivity index (χ0) is 23.2. The average Bonchev–Trinajstić information content (AvgIpc) is 2.98. The van der Waals surface area contributed by atoms with Gasteiger partial charge < -0.3 is 4.90 Å². The van der Waals surface area contributed by atoms with E-state index in [1.54, 1.807) is 18.2 Å². The van der Waals surface area contributed by atoms with Crippen LogP contribution in [-0.4, -0.2) is 64.6 Å². The van der Waals surface area contributed by atoms with Gasteiger partial charge >= 0.3 is 6.18 Å². The SMILES string of the molecule is O=C1CCC(N2C(=O)c3cccc(C4=CCN(C(=O)CC(F)(F)F)CC4)c3C2=O)C(=O)N1. The van der Waals surface area contributed by atoms with Crippen LogP contribution in [0, 0.1) is 0 Å². The van der Waals surface area contributed by atoms with E-state index >= 15 is 0 Å². The smallest absolute Gasteiger partial charge is 0.338 e. The standard InChI is InChI=1S/C21H18F3N3O5/c22-21(23,24)10-16(29)26-8-6-11(7-9-26)12-2-1-3-13-17(12)20(32)27(19(13)31)14-4-5-15(28)25-18(14)30/h1-3,6,14H,4-5,7-10H2,(H,25,28,30). The number of alkyl halides is 3. The van der Waals surface area contributed by atoms with Crippen molar-refractivity contribution in [1.82, 2.24) is 15.1 Å². The lowest BCUT2D eigenvalue weighted by atomic mass is 9.92. The molecular formula is C21H18F3N3O5. The molecule has 0 saturated carbocycles. The number of amides is 5. The van der Waals surface area contributed by atoms with Crippen molar-refractivity contribution in [2.75, 3.05) is 13.1 Å². The van der Waals surface area contributed by atoms with Crippen LogP contribution in [0.25, 0.3) is 5.57 Å². The Bertz CT molecular complexity index is 1080. The van der Waals surface area contributed by atoms with E-state index in [0.29, 0.717) is 11.1 Å². The summed E-state index contributed by atoms with van der Waals surface area (Å²) in [6.07, 6.45) is -4.31. The fraction of sp³-hybridized carbons (Fsp3) is 0.381. The lowest BCUT2D eigenvalue weighted by Gasteiger charge is -2.28. The summed E-state index contributed by atoms with van der Waals surface area (Å²) in [5.41, 5.74) is 1.31. The first-order chi connectivity index (χ1) is 15.1. The average molecular weight is 449 g/mol. The molecule has 32 heavy (non-hydrogen) atoms. The van der Waals surface area contributed by atoms with E-state index in [1.807, 2.05) is 0 Å². The second kappa shape index (κ2) is 7.88. The highest BCUT2D eigenvalue weighted by Gasteiger charge is 2.45. The second-order valence-corrected chi connectivity index (χ2v) is 7.79. The number of nitrogens with one attached hydrogen (secondary N) is 1. The molecule has 4 rings (SSSR count). The van der Waals surface area contributed by atoms with E-state index in [1.165, 1.54) is 6.07 Å². The largest absolute Gasteiger partial charge is 0.397 e. The Balaban J connectivity index is 1.58. The first kappa shape index (κ1) is 21.7. The third kappa shape index (κ3) is 3.90. The number of carbonyl (C=O) groups excluding carboxylic acids is 5. The van der Waals surface area contributed by atoms with Crippen molar-refractivity contribution in [3.63, 3.8) is 0 Å². The summed E-state index contributed by atoms with van der Waals surface area (Å²) >= 11 is 0. The number of imide groups is 2. The van der Waals surface area contributed by atoms with Crippen molar-refractivity contribution in [3.05, 3.63) is 41.0 Å². The number of hydrogen-bond acceptors (Lipinski definition) is 5. The third-order valence-corrected chi connectivity index (χ3v) is 5.73. The van der Waals surface area contributed by atoms with Crippen LogP contribution in [0.1, 0.15) is 52.0 Å². The molecule has 168 valence electrons. The molecule has 1 aromatic carbocycles. The number of rotatable bonds is 3. The topological polar surface area (TPSA) is 104 Å². The van der Waals surface area contributed by atoms with Crippen molar-refractivity contribution in [2.45, 2.75) is 37.9 Å². The van der Waals surface area contributed by atoms with Crippen molar-refractivity contribution >= 4 is 35.1 Å². The van der Waals surface area contributed by atoms with Crippen LogP contribution >= 0.6 is 0 Å². The summed E-state index contributed by atoms with van der Waals surface area (Å²) < 4.78 is 37.5. The van der Waals surface area contributed by atoms with Crippen LogP contribution < -0.4 is 5.32 Å². The van der Waals surface area contributed by atoms with Crippen LogP contribution in [-0.2, 0) is 14.4 Å². The molecule has 11 heteroatoms. The maximum absolute atomic E-state index is 13.1. The predicted molar refractivity (Wildman–Crippen MR) is 103 cm³/mol. The number of nitrogens with zero attached hydrogens (tertiary/aromatic N) is 2. The summed E-state index contributed by atoms with van der Waals surface area (Å²) in [5, 5.41) is 2.13. The molecule has 1 unspecified atom stereocenters. The summed E-state index contributed by atoms with van der Waals surface area (Å²) in [6.45, 7) is -0.00365. The summed E-state index contributed by atoms with van der Waals surface area (Å²) in [5.74, 6) is -3.51. The number of piperidine rings is 1. The van der Waals surface area contributed by atoms with Crippen LogP contribution in [0.15, 0.2) is 24.3 Å². The van der Waals surface area contributed by atoms with Gasteiger partial charge in [-0.15, -0.1) is 0 Å². The van der Waals surface area contributed by atoms with Gasteiger partial charge in [0.2, 0.25) is 17.7 Å². The molecule has 3 aliphatic heterocycles. The Morgan fingerprint density at radius 1 is 1.06 bits per heavy atom. The quantitative estimate of drug-likeness (QED) is 0.707. The molecular weight excluding hydrogens is 431 g/mol. The molecule has 8 nitrogen and oxygen atoms in total.